The molecule has 0 bridgehead atoms. The molecule has 0 saturated heterocycles. The van der Waals surface area contributed by atoms with E-state index >= 15 is 0 Å². The highest BCUT2D eigenvalue weighted by Crippen LogP contribution is 2.36. The molecule has 56 heavy (non-hydrogen) atoms. The summed E-state index contributed by atoms with van der Waals surface area (Å²) in [5.74, 6) is 1.74. The molecule has 0 aliphatic carbocycles. The van der Waals surface area contributed by atoms with Gasteiger partial charge in [-0.1, -0.05) is 176 Å². The van der Waals surface area contributed by atoms with E-state index in [2.05, 4.69) is 209 Å². The molecule has 3 heterocycles. The van der Waals surface area contributed by atoms with Crippen LogP contribution in [-0.2, 0) is 0 Å². The summed E-state index contributed by atoms with van der Waals surface area (Å²) in [6.07, 6.45) is 0. The summed E-state index contributed by atoms with van der Waals surface area (Å²) in [6.45, 7) is 0. The molecule has 3 aromatic heterocycles. The van der Waals surface area contributed by atoms with Gasteiger partial charge in [-0.3, -0.25) is 9.13 Å². The lowest BCUT2D eigenvalue weighted by Crippen LogP contribution is -2.10. The average Bonchev–Trinajstić information content (AvgIpc) is 3.80. The second-order valence-electron chi connectivity index (χ2n) is 14.1. The van der Waals surface area contributed by atoms with Crippen molar-refractivity contribution in [1.82, 2.24) is 24.1 Å². The fraction of sp³-hybridized carbons (Fsp3) is 0. The zero-order valence-electron chi connectivity index (χ0n) is 30.3. The minimum absolute atomic E-state index is 0.569. The zero-order chi connectivity index (χ0) is 37.0. The van der Waals surface area contributed by atoms with Gasteiger partial charge in [0.25, 0.3) is 0 Å². The number of hydrogen-bond donors (Lipinski definition) is 0. The van der Waals surface area contributed by atoms with Crippen LogP contribution < -0.4 is 0 Å². The summed E-state index contributed by atoms with van der Waals surface area (Å²) in [5, 5.41) is 4.62. The third-order valence-electron chi connectivity index (χ3n) is 10.9. The van der Waals surface area contributed by atoms with Crippen molar-refractivity contribution in [1.29, 1.82) is 0 Å². The average molecular weight is 716 g/mol. The first-order chi connectivity index (χ1) is 27.8. The van der Waals surface area contributed by atoms with Gasteiger partial charge in [0.2, 0.25) is 11.9 Å². The molecule has 0 fully saturated rings. The van der Waals surface area contributed by atoms with Crippen LogP contribution in [0.4, 0.5) is 0 Å². The van der Waals surface area contributed by atoms with Crippen molar-refractivity contribution in [2.24, 2.45) is 0 Å². The van der Waals surface area contributed by atoms with Gasteiger partial charge in [0.15, 0.2) is 5.82 Å². The smallest absolute Gasteiger partial charge is 0.240 e. The maximum atomic E-state index is 5.27. The largest absolute Gasteiger partial charge is 0.278 e. The Morgan fingerprint density at radius 2 is 0.571 bits per heavy atom. The predicted octanol–water partition coefficient (Wildman–Crippen LogP) is 12.7. The second kappa shape index (κ2) is 13.0. The summed E-state index contributed by atoms with van der Waals surface area (Å²) >= 11 is 0. The Morgan fingerprint density at radius 3 is 1.00 bits per heavy atom. The summed E-state index contributed by atoms with van der Waals surface area (Å²) in [4.78, 5) is 15.7. The molecule has 262 valence electrons. The zero-order valence-corrected chi connectivity index (χ0v) is 30.3. The molecule has 11 rings (SSSR count). The lowest BCUT2D eigenvalue weighted by molar-refractivity contribution is 0.893. The Morgan fingerprint density at radius 1 is 0.250 bits per heavy atom. The van der Waals surface area contributed by atoms with Gasteiger partial charge < -0.3 is 0 Å². The van der Waals surface area contributed by atoms with E-state index in [1.807, 2.05) is 0 Å². The van der Waals surface area contributed by atoms with Crippen LogP contribution in [0.5, 0.6) is 0 Å². The molecule has 5 heteroatoms. The maximum absolute atomic E-state index is 5.27. The van der Waals surface area contributed by atoms with Gasteiger partial charge in [0.1, 0.15) is 0 Å². The molecule has 5 nitrogen and oxygen atoms in total. The number of hydrogen-bond acceptors (Lipinski definition) is 3. The number of aromatic nitrogens is 5. The highest BCUT2D eigenvalue weighted by Gasteiger charge is 2.20. The van der Waals surface area contributed by atoms with Gasteiger partial charge in [-0.25, -0.2) is 0 Å². The molecule has 0 amide bonds. The molecule has 0 radical (unpaired) electrons. The minimum atomic E-state index is 0.569. The highest BCUT2D eigenvalue weighted by molar-refractivity contribution is 6.10. The van der Waals surface area contributed by atoms with Crippen molar-refractivity contribution in [3.8, 4) is 56.7 Å². The molecule has 0 unspecified atom stereocenters. The number of fused-ring (bicyclic) bond motifs is 6. The molecule has 0 spiro atoms. The molecule has 0 aliphatic rings. The van der Waals surface area contributed by atoms with E-state index in [9.17, 15) is 0 Å². The van der Waals surface area contributed by atoms with E-state index in [4.69, 9.17) is 15.0 Å². The fourth-order valence-corrected chi connectivity index (χ4v) is 8.22. The van der Waals surface area contributed by atoms with Crippen molar-refractivity contribution in [3.05, 3.63) is 200 Å². The van der Waals surface area contributed by atoms with Crippen molar-refractivity contribution >= 4 is 43.6 Å². The number of benzene rings is 8. The molecule has 11 aromatic rings. The maximum Gasteiger partial charge on any atom is 0.240 e. The van der Waals surface area contributed by atoms with Gasteiger partial charge >= 0.3 is 0 Å². The van der Waals surface area contributed by atoms with Gasteiger partial charge in [0.05, 0.1) is 22.1 Å². The molecular formula is C51H33N5. The third kappa shape index (κ3) is 5.21. The molecule has 8 aromatic carbocycles. The van der Waals surface area contributed by atoms with Crippen LogP contribution in [0.25, 0.3) is 100 Å². The van der Waals surface area contributed by atoms with Crippen LogP contribution in [0.1, 0.15) is 0 Å². The Labute approximate surface area is 323 Å². The Balaban J connectivity index is 1.04. The van der Waals surface area contributed by atoms with Crippen molar-refractivity contribution in [3.63, 3.8) is 0 Å². The first-order valence-electron chi connectivity index (χ1n) is 18.9. The van der Waals surface area contributed by atoms with Gasteiger partial charge in [-0.05, 0) is 57.6 Å². The quantitative estimate of drug-likeness (QED) is 0.172. The topological polar surface area (TPSA) is 48.5 Å². The number of nitrogens with zero attached hydrogens (tertiary/aromatic N) is 5. The first-order valence-corrected chi connectivity index (χ1v) is 18.9. The Kier molecular flexibility index (Phi) is 7.42. The Hall–Kier alpha value is -7.63. The van der Waals surface area contributed by atoms with Crippen LogP contribution in [0.2, 0.25) is 0 Å². The fourth-order valence-electron chi connectivity index (χ4n) is 8.22. The van der Waals surface area contributed by atoms with E-state index < -0.39 is 0 Å². The summed E-state index contributed by atoms with van der Waals surface area (Å²) in [7, 11) is 0. The van der Waals surface area contributed by atoms with Crippen LogP contribution in [0.15, 0.2) is 200 Å². The molecule has 0 N–H and O–H groups in total. The van der Waals surface area contributed by atoms with Gasteiger partial charge in [-0.2, -0.15) is 15.0 Å². The van der Waals surface area contributed by atoms with E-state index in [-0.39, 0.29) is 0 Å². The van der Waals surface area contributed by atoms with E-state index in [1.165, 1.54) is 22.3 Å². The van der Waals surface area contributed by atoms with Crippen LogP contribution in [0.3, 0.4) is 0 Å². The molecule has 0 saturated carbocycles. The molecular weight excluding hydrogens is 683 g/mol. The molecule has 0 aliphatic heterocycles. The SMILES string of the molecule is c1ccc(-c2ccccc2-c2ccc(-c3ccc(-c4nc(-n5c6ccccc6c6ccccc65)nc(-n5c6ccccc6c6ccccc65)n4)cc3)cc2)cc1. The lowest BCUT2D eigenvalue weighted by Gasteiger charge is -2.13. The van der Waals surface area contributed by atoms with Crippen molar-refractivity contribution in [2.45, 2.75) is 0 Å². The first kappa shape index (κ1) is 31.9. The van der Waals surface area contributed by atoms with Gasteiger partial charge in [0, 0.05) is 27.1 Å². The van der Waals surface area contributed by atoms with Crippen molar-refractivity contribution in [2.75, 3.05) is 0 Å². The number of para-hydroxylation sites is 4. The second-order valence-corrected chi connectivity index (χ2v) is 14.1. The Bertz CT molecular complexity index is 2990. The highest BCUT2D eigenvalue weighted by atomic mass is 15.3. The molecule has 0 atom stereocenters. The summed E-state index contributed by atoms with van der Waals surface area (Å²) in [5.41, 5.74) is 12.2. The monoisotopic (exact) mass is 715 g/mol. The van der Waals surface area contributed by atoms with E-state index in [1.54, 1.807) is 0 Å². The summed E-state index contributed by atoms with van der Waals surface area (Å²) in [6, 6.07) is 70.4. The lowest BCUT2D eigenvalue weighted by atomic mass is 9.93. The normalized spacial score (nSPS) is 11.6. The van der Waals surface area contributed by atoms with Crippen LogP contribution in [-0.4, -0.2) is 24.1 Å². The summed E-state index contributed by atoms with van der Waals surface area (Å²) < 4.78 is 4.33. The van der Waals surface area contributed by atoms with E-state index in [0.29, 0.717) is 17.7 Å². The van der Waals surface area contributed by atoms with E-state index in [0.717, 1.165) is 60.3 Å². The minimum Gasteiger partial charge on any atom is -0.278 e. The third-order valence-corrected chi connectivity index (χ3v) is 10.9. The standard InChI is InChI=1S/C51H33N5/c1-2-14-36(15-3-1)39-16-4-5-17-40(39)37-30-26-34(27-31-37)35-28-32-38(33-29-35)49-52-50(55-45-22-10-6-18-41(45)42-19-7-11-23-46(42)55)54-51(53-49)56-47-24-12-8-20-43(47)44-21-9-13-25-48(44)56/h1-33H. The van der Waals surface area contributed by atoms with Gasteiger partial charge in [-0.15, -0.1) is 0 Å². The number of rotatable bonds is 6. The van der Waals surface area contributed by atoms with Crippen molar-refractivity contribution < 1.29 is 0 Å². The predicted molar refractivity (Wildman–Crippen MR) is 230 cm³/mol. The van der Waals surface area contributed by atoms with Crippen LogP contribution >= 0.6 is 0 Å². The van der Waals surface area contributed by atoms with Crippen LogP contribution in [0, 0.1) is 0 Å².